The third kappa shape index (κ3) is 5.11. The summed E-state index contributed by atoms with van der Waals surface area (Å²) >= 11 is 6.84. The number of hydrogen-bond donors (Lipinski definition) is 0. The lowest BCUT2D eigenvalue weighted by atomic mass is 9.95. The number of nitrogens with zero attached hydrogens (tertiary/aromatic N) is 6. The molecule has 2 amide bonds. The lowest BCUT2D eigenvalue weighted by molar-refractivity contribution is -0.121. The van der Waals surface area contributed by atoms with E-state index in [1.165, 1.54) is 48.5 Å². The van der Waals surface area contributed by atoms with Crippen molar-refractivity contribution < 1.29 is 27.8 Å². The van der Waals surface area contributed by atoms with Gasteiger partial charge in [0, 0.05) is 30.6 Å². The highest BCUT2D eigenvalue weighted by Crippen LogP contribution is 2.47. The first kappa shape index (κ1) is 33.1. The standard InChI is InChI=1S/C34H35ClF2N6O5/c1-16-13-42-22(14-41(16)33(46)48-34(4,5)6)31(44)40(7)30-29(42)19-12-20(35)24(25-21(36)10-9-11-23(25)47-8)26(37)28(19)43(32(30)45)27-17(2)38-15-39-18(27)3/h9-12,15-16,22H,13-14H2,1-8H3/t16-,22-/m1/s1. The van der Waals surface area contributed by atoms with E-state index in [1.807, 2.05) is 0 Å². The van der Waals surface area contributed by atoms with Crippen LogP contribution in [0.2, 0.25) is 5.02 Å². The van der Waals surface area contributed by atoms with Gasteiger partial charge in [-0.3, -0.25) is 14.2 Å². The van der Waals surface area contributed by atoms with Crippen LogP contribution in [0.15, 0.2) is 35.4 Å². The molecule has 4 heterocycles. The van der Waals surface area contributed by atoms with Crippen molar-refractivity contribution in [3.05, 3.63) is 69.0 Å². The number of rotatable bonds is 3. The number of halogens is 3. The van der Waals surface area contributed by atoms with Crippen LogP contribution in [0.25, 0.3) is 27.7 Å². The van der Waals surface area contributed by atoms with Crippen LogP contribution < -0.4 is 20.1 Å². The molecule has 4 aromatic rings. The van der Waals surface area contributed by atoms with Gasteiger partial charge in [-0.05, 0) is 59.7 Å². The van der Waals surface area contributed by atoms with Crippen molar-refractivity contribution in [1.29, 1.82) is 0 Å². The molecule has 2 aliphatic rings. The van der Waals surface area contributed by atoms with Crippen LogP contribution in [0.1, 0.15) is 39.1 Å². The summed E-state index contributed by atoms with van der Waals surface area (Å²) in [7, 11) is 2.79. The number of pyridine rings is 1. The van der Waals surface area contributed by atoms with Crippen LogP contribution in [0.3, 0.4) is 0 Å². The predicted octanol–water partition coefficient (Wildman–Crippen LogP) is 5.80. The summed E-state index contributed by atoms with van der Waals surface area (Å²) in [6.07, 6.45) is 0.748. The highest BCUT2D eigenvalue weighted by molar-refractivity contribution is 6.35. The Hall–Kier alpha value is -4.78. The monoisotopic (exact) mass is 680 g/mol. The van der Waals surface area contributed by atoms with E-state index in [0.29, 0.717) is 11.4 Å². The summed E-state index contributed by atoms with van der Waals surface area (Å²) in [5.74, 6) is -2.17. The lowest BCUT2D eigenvalue weighted by Gasteiger charge is -2.50. The molecule has 0 N–H and O–H groups in total. The summed E-state index contributed by atoms with van der Waals surface area (Å²) < 4.78 is 45.0. The zero-order chi connectivity index (χ0) is 35.0. The average Bonchev–Trinajstić information content (AvgIpc) is 3.00. The number of likely N-dealkylation sites (N-methyl/N-ethyl adjacent to an activating group) is 1. The number of amides is 2. The van der Waals surface area contributed by atoms with Gasteiger partial charge in [0.2, 0.25) is 0 Å². The van der Waals surface area contributed by atoms with Gasteiger partial charge in [0.15, 0.2) is 5.82 Å². The Bertz CT molecular complexity index is 2060. The first-order valence-electron chi connectivity index (χ1n) is 15.3. The molecule has 0 radical (unpaired) electrons. The van der Waals surface area contributed by atoms with Crippen molar-refractivity contribution in [2.75, 3.05) is 37.0 Å². The molecular weight excluding hydrogens is 646 g/mol. The van der Waals surface area contributed by atoms with Gasteiger partial charge in [-0.1, -0.05) is 17.7 Å². The van der Waals surface area contributed by atoms with E-state index in [2.05, 4.69) is 9.97 Å². The molecule has 0 aliphatic carbocycles. The highest BCUT2D eigenvalue weighted by Gasteiger charge is 2.47. The molecule has 1 saturated heterocycles. The SMILES string of the molecule is COc1cccc(F)c1-c1c(Cl)cc2c3c(c(=O)n(-c4c(C)ncnc4C)c2c1F)N(C)C(=O)[C@H]1CN(C(=O)OC(C)(C)C)[C@H](C)CN31. The van der Waals surface area contributed by atoms with E-state index in [-0.39, 0.29) is 63.0 Å². The maximum atomic E-state index is 17.4. The maximum absolute atomic E-state index is 17.4. The van der Waals surface area contributed by atoms with Gasteiger partial charge in [-0.2, -0.15) is 0 Å². The molecule has 0 spiro atoms. The molecule has 6 rings (SSSR count). The van der Waals surface area contributed by atoms with Crippen LogP contribution in [0.4, 0.5) is 25.0 Å². The maximum Gasteiger partial charge on any atom is 0.410 e. The Kier molecular flexibility index (Phi) is 8.09. The first-order chi connectivity index (χ1) is 22.6. The van der Waals surface area contributed by atoms with Gasteiger partial charge in [-0.15, -0.1) is 0 Å². The molecule has 48 heavy (non-hydrogen) atoms. The molecule has 0 bridgehead atoms. The van der Waals surface area contributed by atoms with Crippen molar-refractivity contribution in [3.63, 3.8) is 0 Å². The molecule has 1 fully saturated rings. The molecule has 252 valence electrons. The highest BCUT2D eigenvalue weighted by atomic mass is 35.5. The number of hydrogen-bond acceptors (Lipinski definition) is 8. The fourth-order valence-electron chi connectivity index (χ4n) is 6.65. The number of fused-ring (bicyclic) bond motifs is 5. The predicted molar refractivity (Wildman–Crippen MR) is 178 cm³/mol. The number of piperazine rings is 1. The fourth-order valence-corrected chi connectivity index (χ4v) is 6.94. The van der Waals surface area contributed by atoms with Gasteiger partial charge >= 0.3 is 6.09 Å². The number of ether oxygens (including phenoxy) is 2. The fraction of sp³-hybridized carbons (Fsp3) is 0.382. The van der Waals surface area contributed by atoms with Gasteiger partial charge < -0.3 is 24.2 Å². The smallest absolute Gasteiger partial charge is 0.410 e. The van der Waals surface area contributed by atoms with Gasteiger partial charge in [0.25, 0.3) is 11.5 Å². The van der Waals surface area contributed by atoms with Crippen molar-refractivity contribution in [2.24, 2.45) is 0 Å². The summed E-state index contributed by atoms with van der Waals surface area (Å²) in [5, 5.41) is 0.0428. The van der Waals surface area contributed by atoms with E-state index in [4.69, 9.17) is 21.1 Å². The zero-order valence-corrected chi connectivity index (χ0v) is 28.6. The Labute approximate surface area is 280 Å². The number of aromatic nitrogens is 3. The third-order valence-corrected chi connectivity index (χ3v) is 9.06. The molecule has 2 aromatic carbocycles. The zero-order valence-electron chi connectivity index (χ0n) is 27.8. The second kappa shape index (κ2) is 11.7. The van der Waals surface area contributed by atoms with E-state index in [1.54, 1.807) is 46.4 Å². The Morgan fingerprint density at radius 1 is 1.02 bits per heavy atom. The molecule has 2 atom stereocenters. The van der Waals surface area contributed by atoms with Crippen LogP contribution >= 0.6 is 11.6 Å². The van der Waals surface area contributed by atoms with Crippen molar-refractivity contribution >= 4 is 45.9 Å². The van der Waals surface area contributed by atoms with Crippen LogP contribution in [0.5, 0.6) is 5.75 Å². The Balaban J connectivity index is 1.70. The Morgan fingerprint density at radius 2 is 1.69 bits per heavy atom. The Morgan fingerprint density at radius 3 is 2.31 bits per heavy atom. The third-order valence-electron chi connectivity index (χ3n) is 8.76. The van der Waals surface area contributed by atoms with Gasteiger partial charge in [0.1, 0.15) is 35.2 Å². The number of anilines is 2. The van der Waals surface area contributed by atoms with Gasteiger partial charge in [0.05, 0.1) is 52.5 Å². The molecule has 2 aliphatic heterocycles. The van der Waals surface area contributed by atoms with E-state index in [9.17, 15) is 14.4 Å². The van der Waals surface area contributed by atoms with Crippen LogP contribution in [0, 0.1) is 25.5 Å². The second-order valence-electron chi connectivity index (χ2n) is 13.0. The molecule has 11 nitrogen and oxygen atoms in total. The molecule has 0 saturated carbocycles. The molecular formula is C34H35ClF2N6O5. The number of methoxy groups -OCH3 is 1. The quantitative estimate of drug-likeness (QED) is 0.267. The minimum Gasteiger partial charge on any atom is -0.496 e. The average molecular weight is 681 g/mol. The van der Waals surface area contributed by atoms with Gasteiger partial charge in [-0.25, -0.2) is 23.5 Å². The molecule has 2 aromatic heterocycles. The summed E-state index contributed by atoms with van der Waals surface area (Å²) in [6, 6.07) is 4.14. The number of benzene rings is 2. The van der Waals surface area contributed by atoms with Crippen molar-refractivity contribution in [1.82, 2.24) is 19.4 Å². The summed E-state index contributed by atoms with van der Waals surface area (Å²) in [5.41, 5.74) is -1.04. The largest absolute Gasteiger partial charge is 0.496 e. The second-order valence-corrected chi connectivity index (χ2v) is 13.4. The number of aryl methyl sites for hydroxylation is 2. The van der Waals surface area contributed by atoms with E-state index < -0.39 is 46.9 Å². The summed E-state index contributed by atoms with van der Waals surface area (Å²) in [4.78, 5) is 54.9. The number of carbonyl (C=O) groups excluding carboxylic acids is 2. The topological polar surface area (TPSA) is 110 Å². The van der Waals surface area contributed by atoms with Crippen molar-refractivity contribution in [2.45, 2.75) is 59.2 Å². The minimum atomic E-state index is -0.986. The minimum absolute atomic E-state index is 0.0176. The molecule has 14 heteroatoms. The lowest BCUT2D eigenvalue weighted by Crippen LogP contribution is -2.66. The van der Waals surface area contributed by atoms with E-state index in [0.717, 1.165) is 10.6 Å². The van der Waals surface area contributed by atoms with Crippen LogP contribution in [-0.2, 0) is 9.53 Å². The summed E-state index contributed by atoms with van der Waals surface area (Å²) in [6.45, 7) is 10.4. The van der Waals surface area contributed by atoms with Crippen LogP contribution in [-0.4, -0.2) is 76.4 Å². The van der Waals surface area contributed by atoms with Crippen molar-refractivity contribution in [3.8, 4) is 22.6 Å². The first-order valence-corrected chi connectivity index (χ1v) is 15.7. The molecule has 0 unspecified atom stereocenters. The number of carbonyl (C=O) groups is 2. The normalized spacial score (nSPS) is 17.8. The van der Waals surface area contributed by atoms with E-state index >= 15 is 8.78 Å².